The highest BCUT2D eigenvalue weighted by molar-refractivity contribution is 5.28. The number of nitrogens with zero attached hydrogens (tertiary/aromatic N) is 2. The van der Waals surface area contributed by atoms with E-state index >= 15 is 0 Å². The van der Waals surface area contributed by atoms with E-state index in [4.69, 9.17) is 4.74 Å². The minimum atomic E-state index is -0.513. The molecule has 0 bridgehead atoms. The van der Waals surface area contributed by atoms with Gasteiger partial charge in [0.2, 0.25) is 0 Å². The zero-order valence-electron chi connectivity index (χ0n) is 12.5. The summed E-state index contributed by atoms with van der Waals surface area (Å²) in [7, 11) is 0. The highest BCUT2D eigenvalue weighted by Gasteiger charge is 2.17. The molecular weight excluding hydrogens is 264 g/mol. The van der Waals surface area contributed by atoms with E-state index in [1.165, 1.54) is 24.2 Å². The lowest BCUT2D eigenvalue weighted by Crippen LogP contribution is -2.13. The van der Waals surface area contributed by atoms with Crippen molar-refractivity contribution in [2.75, 3.05) is 6.61 Å². The summed E-state index contributed by atoms with van der Waals surface area (Å²) >= 11 is 0. The molecule has 21 heavy (non-hydrogen) atoms. The van der Waals surface area contributed by atoms with E-state index in [1.54, 1.807) is 0 Å². The second-order valence-corrected chi connectivity index (χ2v) is 5.52. The first-order valence-electron chi connectivity index (χ1n) is 7.71. The van der Waals surface area contributed by atoms with Crippen molar-refractivity contribution in [1.29, 1.82) is 0 Å². The zero-order chi connectivity index (χ0) is 14.7. The Hall–Kier alpha value is -1.81. The van der Waals surface area contributed by atoms with Crippen molar-refractivity contribution in [3.63, 3.8) is 0 Å². The van der Waals surface area contributed by atoms with Crippen LogP contribution < -0.4 is 4.74 Å². The number of rotatable bonds is 5. The molecule has 4 nitrogen and oxygen atoms in total. The lowest BCUT2D eigenvalue weighted by Gasteiger charge is -2.17. The van der Waals surface area contributed by atoms with E-state index in [1.807, 2.05) is 37.5 Å². The fourth-order valence-electron chi connectivity index (χ4n) is 2.93. The van der Waals surface area contributed by atoms with Crippen molar-refractivity contribution in [3.8, 4) is 5.75 Å². The lowest BCUT2D eigenvalue weighted by molar-refractivity contribution is 0.155. The van der Waals surface area contributed by atoms with E-state index in [0.29, 0.717) is 13.2 Å². The fraction of sp³-hybridized carbons (Fsp3) is 0.471. The molecule has 0 spiro atoms. The topological polar surface area (TPSA) is 47.3 Å². The molecule has 1 aliphatic rings. The van der Waals surface area contributed by atoms with Gasteiger partial charge in [0.15, 0.2) is 0 Å². The molecule has 0 saturated heterocycles. The van der Waals surface area contributed by atoms with Gasteiger partial charge in [0.1, 0.15) is 5.75 Å². The van der Waals surface area contributed by atoms with Gasteiger partial charge in [-0.3, -0.25) is 0 Å². The maximum atomic E-state index is 10.4. The predicted molar refractivity (Wildman–Crippen MR) is 81.4 cm³/mol. The molecule has 3 rings (SSSR count). The van der Waals surface area contributed by atoms with Gasteiger partial charge in [-0.1, -0.05) is 12.1 Å². The van der Waals surface area contributed by atoms with Crippen LogP contribution >= 0.6 is 0 Å². The van der Waals surface area contributed by atoms with Crippen LogP contribution in [0, 0.1) is 0 Å². The third-order valence-electron chi connectivity index (χ3n) is 4.06. The molecular formula is C17H22N2O2. The molecule has 2 aromatic rings. The number of hydrogen-bond donors (Lipinski definition) is 1. The van der Waals surface area contributed by atoms with Crippen molar-refractivity contribution in [2.24, 2.45) is 0 Å². The van der Waals surface area contributed by atoms with Crippen LogP contribution in [0.15, 0.2) is 30.6 Å². The minimum Gasteiger partial charge on any atom is -0.494 e. The molecule has 112 valence electrons. The Labute approximate surface area is 125 Å². The van der Waals surface area contributed by atoms with Crippen molar-refractivity contribution in [2.45, 2.75) is 45.3 Å². The summed E-state index contributed by atoms with van der Waals surface area (Å²) in [6, 6.07) is 7.68. The number of aliphatic hydroxyl groups is 1. The van der Waals surface area contributed by atoms with Gasteiger partial charge in [0.25, 0.3) is 0 Å². The summed E-state index contributed by atoms with van der Waals surface area (Å²) in [6.07, 6.45) is 5.95. The molecule has 4 heteroatoms. The number of benzene rings is 1. The van der Waals surface area contributed by atoms with Crippen molar-refractivity contribution >= 4 is 0 Å². The van der Waals surface area contributed by atoms with Gasteiger partial charge in [-0.2, -0.15) is 0 Å². The largest absolute Gasteiger partial charge is 0.494 e. The molecule has 1 aliphatic carbocycles. The predicted octanol–water partition coefficient (Wildman–Crippen LogP) is 2.89. The van der Waals surface area contributed by atoms with Crippen LogP contribution in [-0.4, -0.2) is 21.3 Å². The second-order valence-electron chi connectivity index (χ2n) is 5.52. The van der Waals surface area contributed by atoms with E-state index in [-0.39, 0.29) is 0 Å². The first-order chi connectivity index (χ1) is 10.3. The summed E-state index contributed by atoms with van der Waals surface area (Å²) < 4.78 is 7.53. The van der Waals surface area contributed by atoms with Crippen LogP contribution in [0.3, 0.4) is 0 Å². The van der Waals surface area contributed by atoms with Crippen LogP contribution in [0.25, 0.3) is 0 Å². The normalized spacial score (nSPS) is 15.5. The zero-order valence-corrected chi connectivity index (χ0v) is 12.5. The van der Waals surface area contributed by atoms with Crippen molar-refractivity contribution < 1.29 is 9.84 Å². The van der Waals surface area contributed by atoms with E-state index in [0.717, 1.165) is 24.2 Å². The van der Waals surface area contributed by atoms with E-state index < -0.39 is 6.10 Å². The van der Waals surface area contributed by atoms with Crippen LogP contribution in [0.1, 0.15) is 42.8 Å². The van der Waals surface area contributed by atoms with E-state index in [9.17, 15) is 5.11 Å². The number of fused-ring (bicyclic) bond motifs is 1. The maximum absolute atomic E-state index is 10.4. The third kappa shape index (κ3) is 3.10. The van der Waals surface area contributed by atoms with Crippen LogP contribution in [-0.2, 0) is 19.4 Å². The number of aromatic nitrogens is 2. The SMILES string of the molecule is CCOc1ccc(C(O)Cn2cnc3c2CCCC3)cc1. The Balaban J connectivity index is 1.71. The van der Waals surface area contributed by atoms with Gasteiger partial charge >= 0.3 is 0 Å². The summed E-state index contributed by atoms with van der Waals surface area (Å²) in [5, 5.41) is 10.4. The highest BCUT2D eigenvalue weighted by atomic mass is 16.5. The lowest BCUT2D eigenvalue weighted by atomic mass is 10.0. The molecule has 1 aromatic carbocycles. The maximum Gasteiger partial charge on any atom is 0.119 e. The Bertz CT molecular complexity index is 589. The molecule has 0 saturated carbocycles. The quantitative estimate of drug-likeness (QED) is 0.919. The molecule has 0 amide bonds. The Morgan fingerprint density at radius 3 is 2.76 bits per heavy atom. The van der Waals surface area contributed by atoms with Crippen LogP contribution in [0.5, 0.6) is 5.75 Å². The Morgan fingerprint density at radius 2 is 2.00 bits per heavy atom. The Morgan fingerprint density at radius 1 is 1.24 bits per heavy atom. The molecule has 1 heterocycles. The number of imidazole rings is 1. The smallest absolute Gasteiger partial charge is 0.119 e. The van der Waals surface area contributed by atoms with Crippen LogP contribution in [0.2, 0.25) is 0 Å². The van der Waals surface area contributed by atoms with Gasteiger partial charge < -0.3 is 14.4 Å². The highest BCUT2D eigenvalue weighted by Crippen LogP contribution is 2.24. The third-order valence-corrected chi connectivity index (χ3v) is 4.06. The number of aliphatic hydroxyl groups excluding tert-OH is 1. The summed E-state index contributed by atoms with van der Waals surface area (Å²) in [6.45, 7) is 3.18. The van der Waals surface area contributed by atoms with Crippen molar-refractivity contribution in [3.05, 3.63) is 47.5 Å². The van der Waals surface area contributed by atoms with Gasteiger partial charge in [-0.05, 0) is 50.3 Å². The van der Waals surface area contributed by atoms with Gasteiger partial charge in [0, 0.05) is 5.69 Å². The van der Waals surface area contributed by atoms with Crippen molar-refractivity contribution in [1.82, 2.24) is 9.55 Å². The van der Waals surface area contributed by atoms with Gasteiger partial charge in [-0.25, -0.2) is 4.98 Å². The fourth-order valence-corrected chi connectivity index (χ4v) is 2.93. The van der Waals surface area contributed by atoms with Gasteiger partial charge in [-0.15, -0.1) is 0 Å². The van der Waals surface area contributed by atoms with E-state index in [2.05, 4.69) is 9.55 Å². The average molecular weight is 286 g/mol. The average Bonchev–Trinajstić information content (AvgIpc) is 2.92. The molecule has 0 fully saturated rings. The summed E-state index contributed by atoms with van der Waals surface area (Å²) in [4.78, 5) is 4.47. The summed E-state index contributed by atoms with van der Waals surface area (Å²) in [5.41, 5.74) is 3.42. The molecule has 0 radical (unpaired) electrons. The monoisotopic (exact) mass is 286 g/mol. The minimum absolute atomic E-state index is 0.513. The standard InChI is InChI=1S/C17H22N2O2/c1-2-21-14-9-7-13(8-10-14)17(20)11-19-12-18-15-5-3-4-6-16(15)19/h7-10,12,17,20H,2-6,11H2,1H3. The molecule has 0 aliphatic heterocycles. The molecule has 1 aromatic heterocycles. The second kappa shape index (κ2) is 6.31. The van der Waals surface area contributed by atoms with Crippen LogP contribution in [0.4, 0.5) is 0 Å². The molecule has 1 unspecified atom stereocenters. The number of aryl methyl sites for hydroxylation is 1. The first-order valence-corrected chi connectivity index (χ1v) is 7.71. The summed E-state index contributed by atoms with van der Waals surface area (Å²) in [5.74, 6) is 0.841. The first kappa shape index (κ1) is 14.1. The molecule has 1 N–H and O–H groups in total. The number of hydrogen-bond acceptors (Lipinski definition) is 3. The Kier molecular flexibility index (Phi) is 4.25. The number of ether oxygens (including phenoxy) is 1. The van der Waals surface area contributed by atoms with Gasteiger partial charge in [0.05, 0.1) is 31.3 Å². The molecule has 1 atom stereocenters.